The Morgan fingerprint density at radius 3 is 1.21 bits per heavy atom. The molecule has 0 heterocycles. The van der Waals surface area contributed by atoms with Gasteiger partial charge < -0.3 is 31.0 Å². The van der Waals surface area contributed by atoms with Crippen LogP contribution in [0.1, 0.15) is 48.0 Å². The van der Waals surface area contributed by atoms with Gasteiger partial charge in [-0.3, -0.25) is 0 Å². The summed E-state index contributed by atoms with van der Waals surface area (Å²) in [4.78, 5) is 0. The van der Waals surface area contributed by atoms with E-state index in [0.29, 0.717) is 52.3 Å². The second kappa shape index (κ2) is 14.3. The quantitative estimate of drug-likeness (QED) is 0.282. The molecule has 0 saturated heterocycles. The fraction of sp³-hybridized carbons (Fsp3) is 1.00. The summed E-state index contributed by atoms with van der Waals surface area (Å²) in [6, 6.07) is 0.692. The van der Waals surface area contributed by atoms with Crippen LogP contribution in [0.3, 0.4) is 0 Å². The van der Waals surface area contributed by atoms with Crippen molar-refractivity contribution in [3.63, 3.8) is 0 Å². The van der Waals surface area contributed by atoms with Crippen LogP contribution >= 0.6 is 0 Å². The van der Waals surface area contributed by atoms with Crippen molar-refractivity contribution >= 4 is 17.9 Å². The van der Waals surface area contributed by atoms with Crippen molar-refractivity contribution in [3.05, 3.63) is 0 Å². The van der Waals surface area contributed by atoms with E-state index in [9.17, 15) is 0 Å². The van der Waals surface area contributed by atoms with Gasteiger partial charge in [0.25, 0.3) is 0 Å². The molecule has 0 saturated carbocycles. The minimum Gasteiger partial charge on any atom is -0.374 e. The first-order valence-corrected chi connectivity index (χ1v) is 12.6. The van der Waals surface area contributed by atoms with E-state index in [0.717, 1.165) is 6.42 Å². The van der Waals surface area contributed by atoms with Gasteiger partial charge in [-0.1, -0.05) is 0 Å². The third kappa shape index (κ3) is 9.02. The van der Waals surface area contributed by atoms with Crippen LogP contribution in [0, 0.1) is 0 Å². The summed E-state index contributed by atoms with van der Waals surface area (Å²) in [7, 11) is -5.69. The molecule has 0 spiro atoms. The first-order chi connectivity index (χ1) is 11.6. The zero-order valence-corrected chi connectivity index (χ0v) is 18.2. The predicted octanol–water partition coefficient (Wildman–Crippen LogP) is 2.99. The lowest BCUT2D eigenvalue weighted by molar-refractivity contribution is -0.0282. The Labute approximate surface area is 149 Å². The zero-order chi connectivity index (χ0) is 18.3. The van der Waals surface area contributed by atoms with Crippen LogP contribution in [0.2, 0.25) is 6.04 Å². The Hall–Kier alpha value is 0.154. The van der Waals surface area contributed by atoms with Crippen LogP contribution in [-0.4, -0.2) is 64.1 Å². The van der Waals surface area contributed by atoms with Gasteiger partial charge in [0.1, 0.15) is 0 Å². The Balaban J connectivity index is 4.64. The second-order valence-electron chi connectivity index (χ2n) is 4.73. The van der Waals surface area contributed by atoms with Crippen LogP contribution in [0.25, 0.3) is 0 Å². The average molecular weight is 385 g/mol. The van der Waals surface area contributed by atoms with Crippen molar-refractivity contribution in [2.75, 3.05) is 46.2 Å². The molecule has 0 aliphatic heterocycles. The Morgan fingerprint density at radius 1 is 0.500 bits per heavy atom. The summed E-state index contributed by atoms with van der Waals surface area (Å²) in [5, 5.41) is 0. The minimum atomic E-state index is -3.05. The summed E-state index contributed by atoms with van der Waals surface area (Å²) >= 11 is 0. The van der Waals surface area contributed by atoms with Crippen molar-refractivity contribution in [3.8, 4) is 0 Å². The highest BCUT2D eigenvalue weighted by Gasteiger charge is 2.45. The monoisotopic (exact) mass is 384 g/mol. The van der Waals surface area contributed by atoms with Gasteiger partial charge >= 0.3 is 17.9 Å². The molecule has 0 amide bonds. The molecule has 146 valence electrons. The van der Waals surface area contributed by atoms with Crippen LogP contribution in [-0.2, 0) is 31.0 Å². The minimum absolute atomic E-state index is 0.453. The van der Waals surface area contributed by atoms with Crippen LogP contribution in [0.15, 0.2) is 0 Å². The van der Waals surface area contributed by atoms with E-state index < -0.39 is 17.9 Å². The molecule has 0 aliphatic rings. The van der Waals surface area contributed by atoms with Crippen LogP contribution in [0.4, 0.5) is 0 Å². The van der Waals surface area contributed by atoms with E-state index in [4.69, 9.17) is 31.0 Å². The second-order valence-corrected chi connectivity index (χ2v) is 9.62. The number of hydrogen-bond acceptors (Lipinski definition) is 7. The van der Waals surface area contributed by atoms with E-state index >= 15 is 0 Å². The first-order valence-electron chi connectivity index (χ1n) is 9.05. The maximum atomic E-state index is 5.91. The molecule has 0 aromatic rings. The molecule has 0 atom stereocenters. The maximum Gasteiger partial charge on any atom is 0.679 e. The summed E-state index contributed by atoms with van der Waals surface area (Å²) in [6.07, 6.45) is 0.730. The Morgan fingerprint density at radius 2 is 0.875 bits per heavy atom. The first kappa shape index (κ1) is 24.2. The van der Waals surface area contributed by atoms with Gasteiger partial charge in [0.05, 0.1) is 0 Å². The average Bonchev–Trinajstić information content (AvgIpc) is 2.53. The Bertz CT molecular complexity index is 233. The molecule has 0 radical (unpaired) electrons. The summed E-state index contributed by atoms with van der Waals surface area (Å²) in [6.45, 7) is 15.2. The molecule has 0 fully saturated rings. The SMILES string of the molecule is CCO[Si](CCCO[Si](OCC)(OCC)OCC)(OCC)OCC. The lowest BCUT2D eigenvalue weighted by Gasteiger charge is -2.29. The molecule has 9 heteroatoms. The number of rotatable bonds is 17. The molecular formula is C15H36O7Si2. The molecule has 7 nitrogen and oxygen atoms in total. The third-order valence-corrected chi connectivity index (χ3v) is 8.60. The smallest absolute Gasteiger partial charge is 0.374 e. The summed E-state index contributed by atoms with van der Waals surface area (Å²) < 4.78 is 40.5. The van der Waals surface area contributed by atoms with E-state index in [1.165, 1.54) is 0 Å². The van der Waals surface area contributed by atoms with Gasteiger partial charge in [-0.15, -0.1) is 0 Å². The third-order valence-electron chi connectivity index (χ3n) is 2.96. The van der Waals surface area contributed by atoms with Gasteiger partial charge in [-0.05, 0) is 48.0 Å². The Kier molecular flexibility index (Phi) is 14.4. The lowest BCUT2D eigenvalue weighted by Crippen LogP contribution is -2.50. The van der Waals surface area contributed by atoms with Crippen LogP contribution in [0.5, 0.6) is 0 Å². The zero-order valence-electron chi connectivity index (χ0n) is 16.2. The molecule has 0 rings (SSSR count). The molecule has 0 N–H and O–H groups in total. The van der Waals surface area contributed by atoms with Gasteiger partial charge in [0, 0.05) is 52.3 Å². The number of hydrogen-bond donors (Lipinski definition) is 0. The standard InChI is InChI=1S/C15H36O7Si2/c1-7-16-23(17-8-2,18-9-3)15-13-14-22-24(19-10-4,20-11-5)21-12-6/h7-15H2,1-6H3. The maximum absolute atomic E-state index is 5.91. The van der Waals surface area contributed by atoms with Crippen molar-refractivity contribution in [1.82, 2.24) is 0 Å². The predicted molar refractivity (Wildman–Crippen MR) is 96.6 cm³/mol. The molecule has 0 aromatic heterocycles. The van der Waals surface area contributed by atoms with E-state index in [-0.39, 0.29) is 0 Å². The normalized spacial score (nSPS) is 12.8. The van der Waals surface area contributed by atoms with Gasteiger partial charge in [-0.25, -0.2) is 0 Å². The molecule has 0 aliphatic carbocycles. The van der Waals surface area contributed by atoms with Crippen molar-refractivity contribution in [2.45, 2.75) is 54.0 Å². The van der Waals surface area contributed by atoms with E-state index in [1.54, 1.807) is 0 Å². The topological polar surface area (TPSA) is 64.6 Å². The molecule has 0 bridgehead atoms. The molecule has 24 heavy (non-hydrogen) atoms. The fourth-order valence-electron chi connectivity index (χ4n) is 2.27. The van der Waals surface area contributed by atoms with Gasteiger partial charge in [0.15, 0.2) is 0 Å². The van der Waals surface area contributed by atoms with Gasteiger partial charge in [-0.2, -0.15) is 0 Å². The largest absolute Gasteiger partial charge is 0.679 e. The van der Waals surface area contributed by atoms with E-state index in [2.05, 4.69) is 0 Å². The van der Waals surface area contributed by atoms with Crippen molar-refractivity contribution in [1.29, 1.82) is 0 Å². The van der Waals surface area contributed by atoms with Crippen LogP contribution < -0.4 is 0 Å². The summed E-state index contributed by atoms with van der Waals surface area (Å²) in [5.74, 6) is 0. The molecular weight excluding hydrogens is 348 g/mol. The van der Waals surface area contributed by atoms with Crippen molar-refractivity contribution in [2.24, 2.45) is 0 Å². The van der Waals surface area contributed by atoms with Crippen molar-refractivity contribution < 1.29 is 31.0 Å². The molecule has 0 aromatic carbocycles. The lowest BCUT2D eigenvalue weighted by atomic mass is 10.5. The van der Waals surface area contributed by atoms with E-state index in [1.807, 2.05) is 41.5 Å². The molecule has 0 unspecified atom stereocenters. The van der Waals surface area contributed by atoms with Gasteiger partial charge in [0.2, 0.25) is 0 Å². The highest BCUT2D eigenvalue weighted by atomic mass is 28.4. The highest BCUT2D eigenvalue weighted by Crippen LogP contribution is 2.20. The summed E-state index contributed by atoms with van der Waals surface area (Å²) in [5.41, 5.74) is 0. The highest BCUT2D eigenvalue weighted by molar-refractivity contribution is 6.60. The fourth-order valence-corrected chi connectivity index (χ4v) is 6.80.